The summed E-state index contributed by atoms with van der Waals surface area (Å²) in [5.41, 5.74) is 1.12. The number of oxazole rings is 1. The summed E-state index contributed by atoms with van der Waals surface area (Å²) >= 11 is 1.68. The molecule has 0 unspecified atom stereocenters. The Kier molecular flexibility index (Phi) is 4.77. The van der Waals surface area contributed by atoms with Crippen LogP contribution in [0.5, 0.6) is 0 Å². The van der Waals surface area contributed by atoms with Crippen LogP contribution in [0.4, 0.5) is 0 Å². The number of rotatable bonds is 5. The van der Waals surface area contributed by atoms with Crippen LogP contribution in [0.3, 0.4) is 0 Å². The first-order chi connectivity index (χ1) is 11.0. The molecule has 1 saturated heterocycles. The van der Waals surface area contributed by atoms with Crippen molar-refractivity contribution in [1.29, 1.82) is 0 Å². The molecule has 1 atom stereocenters. The van der Waals surface area contributed by atoms with Gasteiger partial charge in [0, 0.05) is 38.0 Å². The van der Waals surface area contributed by atoms with E-state index in [1.807, 2.05) is 18.7 Å². The van der Waals surface area contributed by atoms with Crippen LogP contribution >= 0.6 is 11.3 Å². The van der Waals surface area contributed by atoms with E-state index >= 15 is 0 Å². The second kappa shape index (κ2) is 6.80. The Hall–Kier alpha value is -1.73. The standard InChI is InChI=1S/C16H22N4O2S/c1-11-6-17-16(22-11)9-20(13(3)21)15-4-5-19(8-15)7-14-10-23-12(2)18-14/h6,10,15H,4-5,7-9H2,1-3H3/t15-/m0/s1. The molecule has 0 bridgehead atoms. The predicted octanol–water partition coefficient (Wildman–Crippen LogP) is 2.37. The molecule has 6 nitrogen and oxygen atoms in total. The van der Waals surface area contributed by atoms with Crippen LogP contribution in [0.1, 0.15) is 35.7 Å². The van der Waals surface area contributed by atoms with Crippen LogP contribution in [-0.4, -0.2) is 44.8 Å². The van der Waals surface area contributed by atoms with Crippen molar-refractivity contribution in [2.24, 2.45) is 0 Å². The van der Waals surface area contributed by atoms with Gasteiger partial charge in [-0.3, -0.25) is 9.69 Å². The molecule has 0 saturated carbocycles. The Morgan fingerprint density at radius 2 is 2.35 bits per heavy atom. The molecular formula is C16H22N4O2S. The van der Waals surface area contributed by atoms with E-state index in [4.69, 9.17) is 4.42 Å². The summed E-state index contributed by atoms with van der Waals surface area (Å²) in [6, 6.07) is 0.208. The monoisotopic (exact) mass is 334 g/mol. The number of likely N-dealkylation sites (tertiary alicyclic amines) is 1. The maximum Gasteiger partial charge on any atom is 0.220 e. The van der Waals surface area contributed by atoms with Gasteiger partial charge in [0.2, 0.25) is 11.8 Å². The molecule has 1 amide bonds. The molecule has 23 heavy (non-hydrogen) atoms. The second-order valence-electron chi connectivity index (χ2n) is 6.05. The highest BCUT2D eigenvalue weighted by Crippen LogP contribution is 2.21. The number of amides is 1. The molecule has 0 spiro atoms. The predicted molar refractivity (Wildman–Crippen MR) is 88.0 cm³/mol. The molecule has 0 aliphatic carbocycles. The van der Waals surface area contributed by atoms with E-state index in [-0.39, 0.29) is 11.9 Å². The zero-order valence-corrected chi connectivity index (χ0v) is 14.6. The Morgan fingerprint density at radius 1 is 1.52 bits per heavy atom. The highest BCUT2D eigenvalue weighted by atomic mass is 32.1. The number of aryl methyl sites for hydroxylation is 2. The summed E-state index contributed by atoms with van der Waals surface area (Å²) < 4.78 is 5.52. The van der Waals surface area contributed by atoms with Gasteiger partial charge < -0.3 is 9.32 Å². The largest absolute Gasteiger partial charge is 0.444 e. The van der Waals surface area contributed by atoms with E-state index in [0.29, 0.717) is 12.4 Å². The zero-order chi connectivity index (χ0) is 16.4. The van der Waals surface area contributed by atoms with Crippen LogP contribution < -0.4 is 0 Å². The number of aromatic nitrogens is 2. The van der Waals surface area contributed by atoms with Gasteiger partial charge in [0.25, 0.3) is 0 Å². The van der Waals surface area contributed by atoms with Crippen LogP contribution in [0, 0.1) is 13.8 Å². The topological polar surface area (TPSA) is 62.5 Å². The van der Waals surface area contributed by atoms with E-state index in [2.05, 4.69) is 20.2 Å². The first-order valence-electron chi connectivity index (χ1n) is 7.83. The first kappa shape index (κ1) is 16.1. The number of hydrogen-bond acceptors (Lipinski definition) is 6. The zero-order valence-electron chi connectivity index (χ0n) is 13.8. The van der Waals surface area contributed by atoms with E-state index in [9.17, 15) is 4.79 Å². The van der Waals surface area contributed by atoms with Crippen molar-refractivity contribution in [1.82, 2.24) is 19.8 Å². The number of thiazole rings is 1. The molecule has 2 aromatic rings. The summed E-state index contributed by atoms with van der Waals surface area (Å²) in [4.78, 5) is 25.0. The Balaban J connectivity index is 1.61. The lowest BCUT2D eigenvalue weighted by Crippen LogP contribution is -2.40. The number of nitrogens with zero attached hydrogens (tertiary/aromatic N) is 4. The van der Waals surface area contributed by atoms with Gasteiger partial charge in [-0.1, -0.05) is 0 Å². The first-order valence-corrected chi connectivity index (χ1v) is 8.71. The minimum Gasteiger partial charge on any atom is -0.444 e. The third-order valence-corrected chi connectivity index (χ3v) is 4.94. The number of carbonyl (C=O) groups excluding carboxylic acids is 1. The third-order valence-electron chi connectivity index (χ3n) is 4.12. The minimum atomic E-state index is 0.0669. The van der Waals surface area contributed by atoms with Gasteiger partial charge in [-0.05, 0) is 20.3 Å². The van der Waals surface area contributed by atoms with Gasteiger partial charge in [-0.2, -0.15) is 0 Å². The normalized spacial score (nSPS) is 18.5. The molecule has 0 N–H and O–H groups in total. The summed E-state index contributed by atoms with van der Waals surface area (Å²) in [7, 11) is 0. The smallest absolute Gasteiger partial charge is 0.220 e. The van der Waals surface area contributed by atoms with Gasteiger partial charge in [0.05, 0.1) is 23.4 Å². The van der Waals surface area contributed by atoms with E-state index < -0.39 is 0 Å². The molecular weight excluding hydrogens is 312 g/mol. The summed E-state index contributed by atoms with van der Waals surface area (Å²) in [5.74, 6) is 1.44. The molecule has 1 fully saturated rings. The summed E-state index contributed by atoms with van der Waals surface area (Å²) in [6.45, 7) is 8.65. The highest BCUT2D eigenvalue weighted by Gasteiger charge is 2.30. The lowest BCUT2D eigenvalue weighted by Gasteiger charge is -2.26. The van der Waals surface area contributed by atoms with Gasteiger partial charge in [-0.15, -0.1) is 11.3 Å². The summed E-state index contributed by atoms with van der Waals surface area (Å²) in [6.07, 6.45) is 2.67. The average Bonchev–Trinajstić information content (AvgIpc) is 3.19. The van der Waals surface area contributed by atoms with Gasteiger partial charge in [0.15, 0.2) is 0 Å². The highest BCUT2D eigenvalue weighted by molar-refractivity contribution is 7.09. The number of hydrogen-bond donors (Lipinski definition) is 0. The van der Waals surface area contributed by atoms with Crippen LogP contribution in [-0.2, 0) is 17.9 Å². The van der Waals surface area contributed by atoms with Gasteiger partial charge >= 0.3 is 0 Å². The summed E-state index contributed by atoms with van der Waals surface area (Å²) in [5, 5.41) is 3.21. The lowest BCUT2D eigenvalue weighted by atomic mass is 10.2. The van der Waals surface area contributed by atoms with E-state index in [0.717, 1.165) is 42.5 Å². The van der Waals surface area contributed by atoms with E-state index in [1.165, 1.54) is 0 Å². The molecule has 0 radical (unpaired) electrons. The number of carbonyl (C=O) groups is 1. The molecule has 3 rings (SSSR count). The van der Waals surface area contributed by atoms with Crippen molar-refractivity contribution in [2.45, 2.75) is 46.3 Å². The van der Waals surface area contributed by atoms with Gasteiger partial charge in [0.1, 0.15) is 5.76 Å². The molecule has 0 aromatic carbocycles. The fourth-order valence-corrected chi connectivity index (χ4v) is 3.64. The maximum absolute atomic E-state index is 12.0. The molecule has 3 heterocycles. The van der Waals surface area contributed by atoms with Crippen LogP contribution in [0.25, 0.3) is 0 Å². The van der Waals surface area contributed by atoms with Crippen molar-refractivity contribution < 1.29 is 9.21 Å². The minimum absolute atomic E-state index is 0.0669. The van der Waals surface area contributed by atoms with Crippen molar-refractivity contribution in [2.75, 3.05) is 13.1 Å². The Morgan fingerprint density at radius 3 is 2.96 bits per heavy atom. The maximum atomic E-state index is 12.0. The fourth-order valence-electron chi connectivity index (χ4n) is 3.04. The van der Waals surface area contributed by atoms with E-state index in [1.54, 1.807) is 24.5 Å². The van der Waals surface area contributed by atoms with Crippen molar-refractivity contribution >= 4 is 17.2 Å². The third kappa shape index (κ3) is 3.97. The van der Waals surface area contributed by atoms with Gasteiger partial charge in [-0.25, -0.2) is 9.97 Å². The van der Waals surface area contributed by atoms with Crippen LogP contribution in [0.15, 0.2) is 16.0 Å². The molecule has 7 heteroatoms. The Labute approximate surface area is 140 Å². The molecule has 1 aliphatic rings. The van der Waals surface area contributed by atoms with Crippen molar-refractivity contribution in [3.63, 3.8) is 0 Å². The lowest BCUT2D eigenvalue weighted by molar-refractivity contribution is -0.132. The second-order valence-corrected chi connectivity index (χ2v) is 7.11. The molecule has 2 aromatic heterocycles. The van der Waals surface area contributed by atoms with Crippen LogP contribution in [0.2, 0.25) is 0 Å². The molecule has 1 aliphatic heterocycles. The Bertz CT molecular complexity index is 681. The quantitative estimate of drug-likeness (QED) is 0.840. The fraction of sp³-hybridized carbons (Fsp3) is 0.562. The SMILES string of the molecule is CC(=O)N(Cc1ncc(C)o1)[C@H]1CCN(Cc2csc(C)n2)C1. The van der Waals surface area contributed by atoms with Crippen molar-refractivity contribution in [3.05, 3.63) is 33.9 Å². The molecule has 124 valence electrons. The van der Waals surface area contributed by atoms with Crippen molar-refractivity contribution in [3.8, 4) is 0 Å². The average molecular weight is 334 g/mol.